The van der Waals surface area contributed by atoms with Crippen LogP contribution in [0.4, 0.5) is 4.39 Å². The summed E-state index contributed by atoms with van der Waals surface area (Å²) in [5.41, 5.74) is 0.838. The number of halogens is 1. The van der Waals surface area contributed by atoms with Crippen LogP contribution in [-0.2, 0) is 10.2 Å². The Bertz CT molecular complexity index is 757. The van der Waals surface area contributed by atoms with Crippen molar-refractivity contribution in [2.45, 2.75) is 38.0 Å². The molecule has 1 atom stereocenters. The van der Waals surface area contributed by atoms with Crippen molar-refractivity contribution in [1.29, 1.82) is 0 Å². The van der Waals surface area contributed by atoms with E-state index in [9.17, 15) is 4.39 Å². The Hall–Kier alpha value is -1.92. The van der Waals surface area contributed by atoms with Gasteiger partial charge in [0.2, 0.25) is 0 Å². The van der Waals surface area contributed by atoms with Crippen LogP contribution in [-0.4, -0.2) is 38.8 Å². The minimum atomic E-state index is -0.192. The summed E-state index contributed by atoms with van der Waals surface area (Å²) < 4.78 is 19.4. The molecule has 28 heavy (non-hydrogen) atoms. The molecule has 1 saturated heterocycles. The summed E-state index contributed by atoms with van der Waals surface area (Å²) in [6.45, 7) is 7.89. The van der Waals surface area contributed by atoms with E-state index in [0.29, 0.717) is 25.7 Å². The van der Waals surface area contributed by atoms with Crippen molar-refractivity contribution in [3.8, 4) is 0 Å². The molecule has 0 saturated carbocycles. The Morgan fingerprint density at radius 1 is 1.25 bits per heavy atom. The number of guanidine groups is 1. The minimum absolute atomic E-state index is 0.179. The molecule has 1 unspecified atom stereocenters. The van der Waals surface area contributed by atoms with Crippen molar-refractivity contribution < 1.29 is 9.13 Å². The molecule has 0 spiro atoms. The Morgan fingerprint density at radius 2 is 2.07 bits per heavy atom. The fourth-order valence-corrected chi connectivity index (χ4v) is 4.40. The van der Waals surface area contributed by atoms with Gasteiger partial charge in [-0.2, -0.15) is 0 Å². The van der Waals surface area contributed by atoms with Crippen LogP contribution in [0, 0.1) is 5.82 Å². The van der Waals surface area contributed by atoms with Crippen LogP contribution in [0.3, 0.4) is 0 Å². The van der Waals surface area contributed by atoms with Gasteiger partial charge in [0.1, 0.15) is 5.82 Å². The molecule has 1 aliphatic heterocycles. The first kappa shape index (κ1) is 20.8. The van der Waals surface area contributed by atoms with Crippen molar-refractivity contribution in [3.05, 3.63) is 58.0 Å². The molecule has 1 fully saturated rings. The largest absolute Gasteiger partial charge is 0.381 e. The number of rotatable bonds is 7. The average Bonchev–Trinajstić information content (AvgIpc) is 3.25. The van der Waals surface area contributed by atoms with Gasteiger partial charge in [0.25, 0.3) is 0 Å². The summed E-state index contributed by atoms with van der Waals surface area (Å²) in [5.74, 6) is 1.04. The molecule has 0 amide bonds. The molecule has 1 aromatic carbocycles. The Morgan fingerprint density at radius 3 is 2.75 bits per heavy atom. The summed E-state index contributed by atoms with van der Waals surface area (Å²) in [6, 6.07) is 11.2. The van der Waals surface area contributed by atoms with E-state index in [1.807, 2.05) is 6.07 Å². The van der Waals surface area contributed by atoms with E-state index in [4.69, 9.17) is 9.73 Å². The second-order valence-electron chi connectivity index (χ2n) is 7.40. The van der Waals surface area contributed by atoms with Gasteiger partial charge in [-0.25, -0.2) is 4.39 Å². The highest BCUT2D eigenvalue weighted by atomic mass is 32.1. The Labute approximate surface area is 171 Å². The lowest BCUT2D eigenvalue weighted by atomic mass is 9.74. The molecule has 152 valence electrons. The highest BCUT2D eigenvalue weighted by Crippen LogP contribution is 2.35. The normalized spacial score (nSPS) is 17.9. The third-order valence-corrected chi connectivity index (χ3v) is 6.48. The molecule has 2 aromatic rings. The standard InChI is InChI=1S/C22H30FN3OS/c1-3-24-21(25-15-17(2)20-8-5-13-28-20)26-16-22(9-11-27-12-10-22)18-6-4-7-19(23)14-18/h4-8,13-14,17H,3,9-12,15-16H2,1-2H3,(H2,24,25,26). The van der Waals surface area contributed by atoms with Crippen LogP contribution < -0.4 is 10.6 Å². The van der Waals surface area contributed by atoms with E-state index in [2.05, 4.69) is 42.0 Å². The summed E-state index contributed by atoms with van der Waals surface area (Å²) in [7, 11) is 0. The van der Waals surface area contributed by atoms with Gasteiger partial charge in [-0.15, -0.1) is 11.3 Å². The number of nitrogens with zero attached hydrogens (tertiary/aromatic N) is 1. The first-order valence-electron chi connectivity index (χ1n) is 10.0. The van der Waals surface area contributed by atoms with Gasteiger partial charge in [0.05, 0.1) is 6.54 Å². The van der Waals surface area contributed by atoms with Gasteiger partial charge in [-0.3, -0.25) is 4.99 Å². The van der Waals surface area contributed by atoms with E-state index < -0.39 is 0 Å². The fraction of sp³-hybridized carbons (Fsp3) is 0.500. The number of nitrogens with one attached hydrogen (secondary N) is 2. The predicted octanol–water partition coefficient (Wildman–Crippen LogP) is 4.29. The SMILES string of the molecule is CCNC(=NCC1(c2cccc(F)c2)CCOCC1)NCC(C)c1cccs1. The molecule has 4 nitrogen and oxygen atoms in total. The smallest absolute Gasteiger partial charge is 0.191 e. The molecule has 1 aromatic heterocycles. The van der Waals surface area contributed by atoms with Crippen LogP contribution in [0.1, 0.15) is 43.0 Å². The summed E-state index contributed by atoms with van der Waals surface area (Å²) in [4.78, 5) is 6.25. The van der Waals surface area contributed by atoms with E-state index >= 15 is 0 Å². The summed E-state index contributed by atoms with van der Waals surface area (Å²) in [6.07, 6.45) is 1.70. The van der Waals surface area contributed by atoms with Crippen LogP contribution >= 0.6 is 11.3 Å². The van der Waals surface area contributed by atoms with Gasteiger partial charge >= 0.3 is 0 Å². The number of hydrogen-bond donors (Lipinski definition) is 2. The lowest BCUT2D eigenvalue weighted by Crippen LogP contribution is -2.42. The van der Waals surface area contributed by atoms with Crippen molar-refractivity contribution in [1.82, 2.24) is 10.6 Å². The van der Waals surface area contributed by atoms with Gasteiger partial charge in [-0.1, -0.05) is 25.1 Å². The predicted molar refractivity (Wildman–Crippen MR) is 115 cm³/mol. The van der Waals surface area contributed by atoms with Crippen molar-refractivity contribution in [2.75, 3.05) is 32.8 Å². The monoisotopic (exact) mass is 403 g/mol. The first-order chi connectivity index (χ1) is 13.6. The molecule has 2 heterocycles. The number of hydrogen-bond acceptors (Lipinski definition) is 3. The highest BCUT2D eigenvalue weighted by Gasteiger charge is 2.34. The quantitative estimate of drug-likeness (QED) is 0.535. The van der Waals surface area contributed by atoms with Crippen LogP contribution in [0.2, 0.25) is 0 Å². The summed E-state index contributed by atoms with van der Waals surface area (Å²) >= 11 is 1.78. The minimum Gasteiger partial charge on any atom is -0.381 e. The molecule has 0 radical (unpaired) electrons. The van der Waals surface area contributed by atoms with Crippen molar-refractivity contribution >= 4 is 17.3 Å². The van der Waals surface area contributed by atoms with E-state index in [1.54, 1.807) is 23.5 Å². The number of thiophene rings is 1. The average molecular weight is 404 g/mol. The molecule has 6 heteroatoms. The highest BCUT2D eigenvalue weighted by molar-refractivity contribution is 7.10. The van der Waals surface area contributed by atoms with Gasteiger partial charge in [-0.05, 0) is 48.9 Å². The van der Waals surface area contributed by atoms with Crippen LogP contribution in [0.25, 0.3) is 0 Å². The van der Waals surface area contributed by atoms with Crippen LogP contribution in [0.15, 0.2) is 46.8 Å². The van der Waals surface area contributed by atoms with Crippen LogP contribution in [0.5, 0.6) is 0 Å². The first-order valence-corrected chi connectivity index (χ1v) is 10.9. The molecule has 1 aliphatic rings. The van der Waals surface area contributed by atoms with Gasteiger partial charge in [0, 0.05) is 42.5 Å². The van der Waals surface area contributed by atoms with E-state index in [1.165, 1.54) is 10.9 Å². The zero-order valence-corrected chi connectivity index (χ0v) is 17.5. The fourth-order valence-electron chi connectivity index (χ4n) is 3.61. The molecule has 2 N–H and O–H groups in total. The third-order valence-electron chi connectivity index (χ3n) is 5.38. The maximum atomic E-state index is 13.9. The number of benzene rings is 1. The van der Waals surface area contributed by atoms with E-state index in [0.717, 1.165) is 37.5 Å². The molecular weight excluding hydrogens is 373 g/mol. The third kappa shape index (κ3) is 5.32. The number of aliphatic imine (C=N–C) groups is 1. The van der Waals surface area contributed by atoms with Crippen molar-refractivity contribution in [2.24, 2.45) is 4.99 Å². The molecule has 0 bridgehead atoms. The van der Waals surface area contributed by atoms with Gasteiger partial charge < -0.3 is 15.4 Å². The maximum Gasteiger partial charge on any atom is 0.191 e. The molecule has 3 rings (SSSR count). The second-order valence-corrected chi connectivity index (χ2v) is 8.37. The zero-order valence-electron chi connectivity index (χ0n) is 16.7. The van der Waals surface area contributed by atoms with E-state index in [-0.39, 0.29) is 11.2 Å². The second kappa shape index (κ2) is 10.0. The molecule has 0 aliphatic carbocycles. The lowest BCUT2D eigenvalue weighted by molar-refractivity contribution is 0.0530. The lowest BCUT2D eigenvalue weighted by Gasteiger charge is -2.36. The molecular formula is C22H30FN3OS. The topological polar surface area (TPSA) is 45.7 Å². The zero-order chi connectivity index (χ0) is 19.8. The Balaban J connectivity index is 1.72. The maximum absolute atomic E-state index is 13.9. The van der Waals surface area contributed by atoms with Crippen molar-refractivity contribution in [3.63, 3.8) is 0 Å². The van der Waals surface area contributed by atoms with Gasteiger partial charge in [0.15, 0.2) is 5.96 Å². The summed E-state index contributed by atoms with van der Waals surface area (Å²) in [5, 5.41) is 8.92. The number of ether oxygens (including phenoxy) is 1. The Kier molecular flexibility index (Phi) is 7.45.